The van der Waals surface area contributed by atoms with Crippen LogP contribution in [0.25, 0.3) is 0 Å². The summed E-state index contributed by atoms with van der Waals surface area (Å²) < 4.78 is 0. The van der Waals surface area contributed by atoms with Crippen molar-refractivity contribution in [3.8, 4) is 0 Å². The minimum Gasteiger partial charge on any atom is -0.392 e. The molecular formula is C15H24O3. The Bertz CT molecular complexity index is 395. The zero-order valence-corrected chi connectivity index (χ0v) is 11.5. The zero-order chi connectivity index (χ0) is 13.6. The molecular weight excluding hydrogens is 228 g/mol. The molecule has 0 bridgehead atoms. The number of aliphatic hydroxyl groups is 3. The van der Waals surface area contributed by atoms with E-state index in [0.29, 0.717) is 6.42 Å². The van der Waals surface area contributed by atoms with Crippen molar-refractivity contribution in [2.24, 2.45) is 11.3 Å². The fourth-order valence-electron chi connectivity index (χ4n) is 3.46. The minimum absolute atomic E-state index is 0.0218. The van der Waals surface area contributed by atoms with Gasteiger partial charge in [-0.3, -0.25) is 0 Å². The highest BCUT2D eigenvalue weighted by Gasteiger charge is 2.59. The standard InChI is InChI=1S/C15H24O3/c1-10-4-5-15(18)13(8-14(15,2)3)11(9-16)7-12(17)6-10/h6-7,12-13,16-18H,4-5,8-9H2,1-3H3. The summed E-state index contributed by atoms with van der Waals surface area (Å²) in [6.07, 6.45) is 5.19. The molecule has 0 saturated heterocycles. The van der Waals surface area contributed by atoms with Gasteiger partial charge in [0.1, 0.15) is 0 Å². The fraction of sp³-hybridized carbons (Fsp3) is 0.733. The molecule has 3 heteroatoms. The quantitative estimate of drug-likeness (QED) is 0.623. The summed E-state index contributed by atoms with van der Waals surface area (Å²) in [5.74, 6) is -0.0218. The average Bonchev–Trinajstić information content (AvgIpc) is 2.32. The maximum Gasteiger partial charge on any atom is 0.0908 e. The predicted molar refractivity (Wildman–Crippen MR) is 71.0 cm³/mol. The molecule has 2 aliphatic rings. The van der Waals surface area contributed by atoms with E-state index >= 15 is 0 Å². The van der Waals surface area contributed by atoms with E-state index in [1.807, 2.05) is 6.92 Å². The van der Waals surface area contributed by atoms with Crippen LogP contribution in [0.5, 0.6) is 0 Å². The van der Waals surface area contributed by atoms with Gasteiger partial charge in [0.2, 0.25) is 0 Å². The predicted octanol–water partition coefficient (Wildman–Crippen LogP) is 1.78. The Balaban J connectivity index is 2.37. The van der Waals surface area contributed by atoms with E-state index in [1.165, 1.54) is 0 Å². The molecule has 0 aliphatic heterocycles. The molecule has 2 aliphatic carbocycles. The molecule has 1 fully saturated rings. The number of hydrogen-bond donors (Lipinski definition) is 3. The molecule has 3 N–H and O–H groups in total. The molecule has 0 amide bonds. The maximum atomic E-state index is 10.9. The van der Waals surface area contributed by atoms with Gasteiger partial charge in [0.05, 0.1) is 18.3 Å². The van der Waals surface area contributed by atoms with E-state index in [4.69, 9.17) is 0 Å². The number of aliphatic hydroxyl groups excluding tert-OH is 2. The summed E-state index contributed by atoms with van der Waals surface area (Å²) in [6, 6.07) is 0. The highest BCUT2D eigenvalue weighted by molar-refractivity contribution is 5.28. The summed E-state index contributed by atoms with van der Waals surface area (Å²) in [6.45, 7) is 6.04. The van der Waals surface area contributed by atoms with Crippen molar-refractivity contribution < 1.29 is 15.3 Å². The molecule has 18 heavy (non-hydrogen) atoms. The first-order valence-electron chi connectivity index (χ1n) is 6.69. The Hall–Kier alpha value is -0.640. The molecule has 0 aromatic carbocycles. The smallest absolute Gasteiger partial charge is 0.0908 e. The molecule has 0 spiro atoms. The Morgan fingerprint density at radius 3 is 2.56 bits per heavy atom. The van der Waals surface area contributed by atoms with Crippen LogP contribution in [-0.4, -0.2) is 33.6 Å². The van der Waals surface area contributed by atoms with Crippen LogP contribution in [0.1, 0.15) is 40.0 Å². The lowest BCUT2D eigenvalue weighted by Gasteiger charge is -2.59. The second kappa shape index (κ2) is 4.48. The van der Waals surface area contributed by atoms with E-state index in [9.17, 15) is 15.3 Å². The van der Waals surface area contributed by atoms with Gasteiger partial charge in [0.15, 0.2) is 0 Å². The number of hydrogen-bond acceptors (Lipinski definition) is 3. The third-order valence-electron chi connectivity index (χ3n) is 4.83. The molecule has 3 atom stereocenters. The van der Waals surface area contributed by atoms with Crippen LogP contribution in [0.3, 0.4) is 0 Å². The lowest BCUT2D eigenvalue weighted by atomic mass is 9.49. The SMILES string of the molecule is CC1=CC(O)C=C(CO)C2CC(C)(C)C2(O)CC1. The van der Waals surface area contributed by atoms with Gasteiger partial charge in [-0.05, 0) is 37.2 Å². The Morgan fingerprint density at radius 1 is 1.33 bits per heavy atom. The Kier molecular flexibility index (Phi) is 3.43. The summed E-state index contributed by atoms with van der Waals surface area (Å²) in [7, 11) is 0. The summed E-state index contributed by atoms with van der Waals surface area (Å²) >= 11 is 0. The molecule has 3 nitrogen and oxygen atoms in total. The van der Waals surface area contributed by atoms with Crippen molar-refractivity contribution in [1.82, 2.24) is 0 Å². The van der Waals surface area contributed by atoms with Crippen LogP contribution in [-0.2, 0) is 0 Å². The molecule has 0 aromatic rings. The van der Waals surface area contributed by atoms with Gasteiger partial charge in [0, 0.05) is 5.92 Å². The normalized spacial score (nSPS) is 39.4. The van der Waals surface area contributed by atoms with Gasteiger partial charge in [-0.15, -0.1) is 0 Å². The lowest BCUT2D eigenvalue weighted by Crippen LogP contribution is -2.62. The number of fused-ring (bicyclic) bond motifs is 1. The first-order chi connectivity index (χ1) is 8.30. The highest BCUT2D eigenvalue weighted by atomic mass is 16.3. The van der Waals surface area contributed by atoms with Gasteiger partial charge in [0.25, 0.3) is 0 Å². The largest absolute Gasteiger partial charge is 0.392 e. The van der Waals surface area contributed by atoms with Gasteiger partial charge in [-0.25, -0.2) is 0 Å². The number of rotatable bonds is 1. The first-order valence-corrected chi connectivity index (χ1v) is 6.69. The van der Waals surface area contributed by atoms with Crippen molar-refractivity contribution in [2.75, 3.05) is 6.61 Å². The van der Waals surface area contributed by atoms with Gasteiger partial charge in [-0.2, -0.15) is 0 Å². The summed E-state index contributed by atoms with van der Waals surface area (Å²) in [5, 5.41) is 30.3. The highest BCUT2D eigenvalue weighted by Crippen LogP contribution is 2.59. The van der Waals surface area contributed by atoms with Crippen LogP contribution in [0.2, 0.25) is 0 Å². The molecule has 0 radical (unpaired) electrons. The van der Waals surface area contributed by atoms with Crippen molar-refractivity contribution in [3.63, 3.8) is 0 Å². The van der Waals surface area contributed by atoms with E-state index in [0.717, 1.165) is 24.0 Å². The maximum absolute atomic E-state index is 10.9. The molecule has 0 heterocycles. The molecule has 1 saturated carbocycles. The summed E-state index contributed by atoms with van der Waals surface area (Å²) in [5.41, 5.74) is 0.977. The van der Waals surface area contributed by atoms with Crippen LogP contribution in [0.4, 0.5) is 0 Å². The Morgan fingerprint density at radius 2 is 2.00 bits per heavy atom. The average molecular weight is 252 g/mol. The van der Waals surface area contributed by atoms with Crippen molar-refractivity contribution in [1.29, 1.82) is 0 Å². The van der Waals surface area contributed by atoms with Crippen molar-refractivity contribution in [3.05, 3.63) is 23.3 Å². The lowest BCUT2D eigenvalue weighted by molar-refractivity contribution is -0.193. The second-order valence-electron chi connectivity index (χ2n) is 6.47. The first kappa shape index (κ1) is 13.8. The van der Waals surface area contributed by atoms with Crippen LogP contribution < -0.4 is 0 Å². The van der Waals surface area contributed by atoms with E-state index in [1.54, 1.807) is 12.2 Å². The minimum atomic E-state index is -0.763. The Labute approximate surface area is 109 Å². The fourth-order valence-corrected chi connectivity index (χ4v) is 3.46. The van der Waals surface area contributed by atoms with E-state index in [-0.39, 0.29) is 17.9 Å². The molecule has 102 valence electrons. The van der Waals surface area contributed by atoms with Gasteiger partial charge >= 0.3 is 0 Å². The van der Waals surface area contributed by atoms with E-state index < -0.39 is 11.7 Å². The zero-order valence-electron chi connectivity index (χ0n) is 11.5. The second-order valence-corrected chi connectivity index (χ2v) is 6.47. The van der Waals surface area contributed by atoms with Crippen LogP contribution in [0.15, 0.2) is 23.3 Å². The van der Waals surface area contributed by atoms with E-state index in [2.05, 4.69) is 13.8 Å². The topological polar surface area (TPSA) is 60.7 Å². The van der Waals surface area contributed by atoms with Crippen molar-refractivity contribution in [2.45, 2.75) is 51.7 Å². The van der Waals surface area contributed by atoms with Gasteiger partial charge in [-0.1, -0.05) is 31.6 Å². The molecule has 2 rings (SSSR count). The summed E-state index contributed by atoms with van der Waals surface area (Å²) in [4.78, 5) is 0. The monoisotopic (exact) mass is 252 g/mol. The number of allylic oxidation sites excluding steroid dienone is 1. The molecule has 3 unspecified atom stereocenters. The third-order valence-corrected chi connectivity index (χ3v) is 4.83. The van der Waals surface area contributed by atoms with Crippen LogP contribution in [0, 0.1) is 11.3 Å². The van der Waals surface area contributed by atoms with Crippen LogP contribution >= 0.6 is 0 Å². The van der Waals surface area contributed by atoms with Crippen molar-refractivity contribution >= 4 is 0 Å². The van der Waals surface area contributed by atoms with Gasteiger partial charge < -0.3 is 15.3 Å². The third kappa shape index (κ3) is 2.04. The molecule has 0 aromatic heterocycles.